The molecule has 0 atom stereocenters. The van der Waals surface area contributed by atoms with Crippen molar-refractivity contribution in [3.8, 4) is 55.9 Å². The van der Waals surface area contributed by atoms with Crippen molar-refractivity contribution in [1.29, 1.82) is 0 Å². The predicted octanol–water partition coefficient (Wildman–Crippen LogP) is 14.5. The Labute approximate surface area is 403 Å². The predicted molar refractivity (Wildman–Crippen MR) is 265 cm³/mol. The number of rotatable bonds is 9. The van der Waals surface area contributed by atoms with Crippen molar-refractivity contribution in [3.63, 3.8) is 0 Å². The first-order valence-corrected chi connectivity index (χ1v) is 22.4. The Balaban J connectivity index is 1.04. The molecule has 0 aliphatic rings. The summed E-state index contributed by atoms with van der Waals surface area (Å²) in [6, 6.07) is 46.3. The van der Waals surface area contributed by atoms with E-state index in [-0.39, 0.29) is 56.1 Å². The minimum absolute atomic E-state index is 0.0134. The molecule has 0 aliphatic carbocycles. The van der Waals surface area contributed by atoms with Crippen molar-refractivity contribution in [3.05, 3.63) is 225 Å². The normalized spacial score (nSPS) is 12.0. The number of hydrogen-bond acceptors (Lipinski definition) is 6. The van der Waals surface area contributed by atoms with E-state index in [4.69, 9.17) is 9.15 Å². The lowest BCUT2D eigenvalue weighted by Crippen LogP contribution is -2.32. The highest BCUT2D eigenvalue weighted by atomic mass is 19.4. The maximum Gasteiger partial charge on any atom is 0.416 e. The van der Waals surface area contributed by atoms with Gasteiger partial charge in [0.2, 0.25) is 0 Å². The molecule has 0 amide bonds. The van der Waals surface area contributed by atoms with Gasteiger partial charge >= 0.3 is 18.3 Å². The number of para-hydroxylation sites is 1. The third-order valence-corrected chi connectivity index (χ3v) is 12.9. The number of alkyl halides is 6. The van der Waals surface area contributed by atoms with E-state index in [9.17, 15) is 45.5 Å². The van der Waals surface area contributed by atoms with Crippen LogP contribution in [-0.4, -0.2) is 16.8 Å². The van der Waals surface area contributed by atoms with Gasteiger partial charge < -0.3 is 9.15 Å². The molecular weight excluding hydrogens is 933 g/mol. The molecule has 0 N–H and O–H groups in total. The minimum Gasteiger partial charge on any atom is -0.455 e. The number of carbonyl (C=O) groups excluding carboxylic acids is 2. The molecule has 72 heavy (non-hydrogen) atoms. The Morgan fingerprint density at radius 3 is 1.53 bits per heavy atom. The fourth-order valence-electron chi connectivity index (χ4n) is 9.51. The highest BCUT2D eigenvalue weighted by molar-refractivity contribution is 6.32. The molecule has 11 rings (SSSR count). The Bertz CT molecular complexity index is 3960. The van der Waals surface area contributed by atoms with Gasteiger partial charge in [-0.1, -0.05) is 115 Å². The fourth-order valence-corrected chi connectivity index (χ4v) is 9.51. The molecule has 7 nitrogen and oxygen atoms in total. The maximum absolute atomic E-state index is 14.9. The summed E-state index contributed by atoms with van der Waals surface area (Å²) < 4.78 is 96.3. The van der Waals surface area contributed by atoms with E-state index in [0.29, 0.717) is 49.7 Å². The second kappa shape index (κ2) is 17.4. The summed E-state index contributed by atoms with van der Waals surface area (Å²) in [5.41, 5.74) is 1.82. The first-order chi connectivity index (χ1) is 34.7. The lowest BCUT2D eigenvalue weighted by molar-refractivity contribution is -0.138. The number of esters is 1. The molecule has 0 bridgehead atoms. The van der Waals surface area contributed by atoms with Crippen LogP contribution >= 0.6 is 0 Å². The Hall–Kier alpha value is -9.10. The highest BCUT2D eigenvalue weighted by Gasteiger charge is 2.32. The first kappa shape index (κ1) is 45.3. The summed E-state index contributed by atoms with van der Waals surface area (Å²) in [4.78, 5) is 56.0. The van der Waals surface area contributed by atoms with Gasteiger partial charge in [-0.2, -0.15) is 26.3 Å². The molecule has 0 spiro atoms. The zero-order chi connectivity index (χ0) is 50.1. The van der Waals surface area contributed by atoms with Gasteiger partial charge in [0.15, 0.2) is 6.29 Å². The van der Waals surface area contributed by atoms with Crippen molar-refractivity contribution in [1.82, 2.24) is 4.57 Å². The zero-order valence-corrected chi connectivity index (χ0v) is 37.3. The summed E-state index contributed by atoms with van der Waals surface area (Å²) in [6.45, 7) is 0. The number of halogens is 6. The van der Waals surface area contributed by atoms with E-state index in [1.54, 1.807) is 48.5 Å². The van der Waals surface area contributed by atoms with Crippen LogP contribution in [0.3, 0.4) is 0 Å². The van der Waals surface area contributed by atoms with E-state index in [1.807, 2.05) is 60.7 Å². The zero-order valence-electron chi connectivity index (χ0n) is 37.3. The van der Waals surface area contributed by atoms with Crippen LogP contribution in [-0.2, 0) is 23.6 Å². The SMILES string of the molecule is O=Cc1c(-c2ccccc2)cc(OC(=O)Cc2ccc(-n3c(=O)c4cc(-c5ccc(C(F)(F)F)cc5)c5oc6ccccc6c6c(-c7ccc(C(F)(F)F)cc7)cc(c3=O)c4c56)cc2)cc1-c1ccccc1. The van der Waals surface area contributed by atoms with Gasteiger partial charge in [0.1, 0.15) is 16.9 Å². The van der Waals surface area contributed by atoms with Crippen LogP contribution in [0.5, 0.6) is 5.75 Å². The van der Waals surface area contributed by atoms with Gasteiger partial charge in [0.05, 0.1) is 23.2 Å². The molecule has 0 fully saturated rings. The molecule has 0 radical (unpaired) electrons. The van der Waals surface area contributed by atoms with Crippen LogP contribution < -0.4 is 15.9 Å². The maximum atomic E-state index is 14.9. The third-order valence-electron chi connectivity index (χ3n) is 12.9. The number of fused-ring (bicyclic) bond motifs is 2. The van der Waals surface area contributed by atoms with Crippen LogP contribution in [0.1, 0.15) is 27.0 Å². The van der Waals surface area contributed by atoms with Crippen LogP contribution in [0.4, 0.5) is 26.3 Å². The summed E-state index contributed by atoms with van der Waals surface area (Å²) in [7, 11) is 0. The quantitative estimate of drug-likeness (QED) is 0.0357. The van der Waals surface area contributed by atoms with E-state index < -0.39 is 40.6 Å². The third kappa shape index (κ3) is 7.94. The van der Waals surface area contributed by atoms with Crippen molar-refractivity contribution in [2.75, 3.05) is 0 Å². The van der Waals surface area contributed by atoms with E-state index in [1.165, 1.54) is 48.5 Å². The Kier molecular flexibility index (Phi) is 11.0. The second-order valence-corrected chi connectivity index (χ2v) is 17.2. The van der Waals surface area contributed by atoms with Gasteiger partial charge in [0, 0.05) is 43.4 Å². The van der Waals surface area contributed by atoms with E-state index in [2.05, 4.69) is 0 Å². The number of aldehydes is 1. The van der Waals surface area contributed by atoms with Crippen molar-refractivity contribution >= 4 is 55.7 Å². The van der Waals surface area contributed by atoms with Crippen LogP contribution in [0, 0.1) is 0 Å². The lowest BCUT2D eigenvalue weighted by Gasteiger charge is -2.20. The van der Waals surface area contributed by atoms with Gasteiger partial charge in [-0.15, -0.1) is 0 Å². The average Bonchev–Trinajstić information content (AvgIpc) is 3.38. The number of aromatic nitrogens is 1. The molecule has 11 aromatic rings. The number of benzene rings is 9. The van der Waals surface area contributed by atoms with Crippen LogP contribution in [0.2, 0.25) is 0 Å². The number of ether oxygens (including phenoxy) is 1. The average molecular weight is 966 g/mol. The summed E-state index contributed by atoms with van der Waals surface area (Å²) in [6.07, 6.45) is -8.75. The lowest BCUT2D eigenvalue weighted by atomic mass is 9.87. The molecule has 0 saturated heterocycles. The molecule has 0 aliphatic heterocycles. The molecule has 2 heterocycles. The fraction of sp³-hybridized carbons (Fsp3) is 0.0508. The van der Waals surface area contributed by atoms with Crippen LogP contribution in [0.25, 0.3) is 93.7 Å². The van der Waals surface area contributed by atoms with Gasteiger partial charge in [-0.25, -0.2) is 4.57 Å². The van der Waals surface area contributed by atoms with Crippen molar-refractivity contribution in [2.45, 2.75) is 18.8 Å². The number of nitrogens with zero attached hydrogens (tertiary/aromatic N) is 1. The second-order valence-electron chi connectivity index (χ2n) is 17.2. The first-order valence-electron chi connectivity index (χ1n) is 22.4. The van der Waals surface area contributed by atoms with Gasteiger partial charge in [0.25, 0.3) is 11.1 Å². The smallest absolute Gasteiger partial charge is 0.416 e. The Morgan fingerprint density at radius 2 is 1.00 bits per heavy atom. The standard InChI is InChI=1S/C59H33F6NO6/c60-58(61,62)38-21-17-36(18-22-38)45-30-47-53-48(31-46(37-19-23-39(24-20-37)59(63,64)65)55-54(53)52(45)42-13-7-8-14-50(42)72-55)57(70)66(56(47)69)40-25-15-33(16-26-40)27-51(68)71-41-28-43(34-9-3-1-4-10-34)49(32-67)44(29-41)35-11-5-2-6-12-35/h1-26,28-32H,27H2. The molecule has 0 saturated carbocycles. The number of carbonyl (C=O) groups is 2. The summed E-state index contributed by atoms with van der Waals surface area (Å²) in [5.74, 6) is -0.447. The molecule has 0 unspecified atom stereocenters. The van der Waals surface area contributed by atoms with Crippen molar-refractivity contribution in [2.24, 2.45) is 0 Å². The molecule has 9 aromatic carbocycles. The highest BCUT2D eigenvalue weighted by Crippen LogP contribution is 2.47. The summed E-state index contributed by atoms with van der Waals surface area (Å²) >= 11 is 0. The topological polar surface area (TPSA) is 95.6 Å². The monoisotopic (exact) mass is 965 g/mol. The van der Waals surface area contributed by atoms with Gasteiger partial charge in [-0.3, -0.25) is 19.2 Å². The van der Waals surface area contributed by atoms with E-state index in [0.717, 1.165) is 46.2 Å². The van der Waals surface area contributed by atoms with Gasteiger partial charge in [-0.05, 0) is 111 Å². The number of hydrogen-bond donors (Lipinski definition) is 0. The number of pyridine rings is 1. The Morgan fingerprint density at radius 1 is 0.514 bits per heavy atom. The molecule has 2 aromatic heterocycles. The minimum atomic E-state index is -4.65. The largest absolute Gasteiger partial charge is 0.455 e. The van der Waals surface area contributed by atoms with E-state index >= 15 is 0 Å². The summed E-state index contributed by atoms with van der Waals surface area (Å²) in [5, 5.41) is 1.44. The van der Waals surface area contributed by atoms with Crippen molar-refractivity contribution < 1.29 is 45.1 Å². The molecule has 352 valence electrons. The molecular formula is C59H33F6NO6. The molecule has 13 heteroatoms. The van der Waals surface area contributed by atoms with Crippen LogP contribution in [0.15, 0.2) is 196 Å².